The molecule has 0 radical (unpaired) electrons. The molecule has 4 rings (SSSR count). The summed E-state index contributed by atoms with van der Waals surface area (Å²) < 4.78 is 5.36. The zero-order valence-electron chi connectivity index (χ0n) is 17.3. The monoisotopic (exact) mass is 370 g/mol. The van der Waals surface area contributed by atoms with Crippen molar-refractivity contribution >= 4 is 17.5 Å². The number of rotatable bonds is 2. The van der Waals surface area contributed by atoms with Crippen molar-refractivity contribution in [2.45, 2.75) is 67.2 Å². The lowest BCUT2D eigenvalue weighted by Gasteiger charge is -2.31. The standard InChI is InChI=1S/C23H30O4/c1-20(2)15-7-9-22(20,5)18(25)13(15)11-17(24)27-12-14-16-8-10-23(6,19(14)26)21(16,3)4/h11-12,15-16H,7-10H2,1-6H3/b13-11-,14-12-/t15-,16+,22+,23+/m1/s1. The molecule has 0 aromatic heterocycles. The molecule has 27 heavy (non-hydrogen) atoms. The molecule has 4 bridgehead atoms. The lowest BCUT2D eigenvalue weighted by molar-refractivity contribution is -0.133. The average Bonchev–Trinajstić information content (AvgIpc) is 3.06. The van der Waals surface area contributed by atoms with E-state index in [0.29, 0.717) is 11.1 Å². The molecule has 0 amide bonds. The highest BCUT2D eigenvalue weighted by atomic mass is 16.5. The summed E-state index contributed by atoms with van der Waals surface area (Å²) in [5.74, 6) is -0.113. The third-order valence-corrected chi connectivity index (χ3v) is 9.31. The molecule has 0 unspecified atom stereocenters. The lowest BCUT2D eigenvalue weighted by atomic mass is 9.70. The Morgan fingerprint density at radius 1 is 0.852 bits per heavy atom. The summed E-state index contributed by atoms with van der Waals surface area (Å²) in [6, 6.07) is 0. The summed E-state index contributed by atoms with van der Waals surface area (Å²) in [5.41, 5.74) is 0.235. The lowest BCUT2D eigenvalue weighted by Crippen LogP contribution is -2.32. The van der Waals surface area contributed by atoms with E-state index in [2.05, 4.69) is 27.7 Å². The van der Waals surface area contributed by atoms with Gasteiger partial charge in [0.2, 0.25) is 0 Å². The zero-order valence-corrected chi connectivity index (χ0v) is 17.3. The molecule has 146 valence electrons. The van der Waals surface area contributed by atoms with Gasteiger partial charge in [0, 0.05) is 28.1 Å². The quantitative estimate of drug-likeness (QED) is 0.411. The minimum Gasteiger partial charge on any atom is -0.431 e. The predicted molar refractivity (Wildman–Crippen MR) is 101 cm³/mol. The number of ketones is 2. The highest BCUT2D eigenvalue weighted by Gasteiger charge is 2.65. The second-order valence-electron chi connectivity index (χ2n) is 10.6. The summed E-state index contributed by atoms with van der Waals surface area (Å²) in [6.07, 6.45) is 6.39. The van der Waals surface area contributed by atoms with Gasteiger partial charge < -0.3 is 4.74 Å². The molecule has 0 saturated heterocycles. The fraction of sp³-hybridized carbons (Fsp3) is 0.696. The molecule has 0 aromatic carbocycles. The van der Waals surface area contributed by atoms with E-state index in [-0.39, 0.29) is 45.1 Å². The zero-order chi connectivity index (χ0) is 20.0. The average molecular weight is 370 g/mol. The first kappa shape index (κ1) is 18.6. The second kappa shape index (κ2) is 5.21. The number of esters is 1. The van der Waals surface area contributed by atoms with Crippen molar-refractivity contribution in [2.75, 3.05) is 0 Å². The normalized spacial score (nSPS) is 43.9. The number of hydrogen-bond acceptors (Lipinski definition) is 4. The van der Waals surface area contributed by atoms with E-state index in [1.807, 2.05) is 13.8 Å². The topological polar surface area (TPSA) is 60.4 Å². The number of Topliss-reactive ketones (excluding diaryl/α,β-unsaturated/α-hetero) is 2. The highest BCUT2D eigenvalue weighted by molar-refractivity contribution is 6.08. The Morgan fingerprint density at radius 3 is 1.70 bits per heavy atom. The Morgan fingerprint density at radius 2 is 1.30 bits per heavy atom. The van der Waals surface area contributed by atoms with Crippen molar-refractivity contribution in [1.29, 1.82) is 0 Å². The van der Waals surface area contributed by atoms with Crippen molar-refractivity contribution < 1.29 is 19.1 Å². The molecule has 0 heterocycles. The van der Waals surface area contributed by atoms with Gasteiger partial charge in [-0.15, -0.1) is 0 Å². The molecule has 0 spiro atoms. The van der Waals surface area contributed by atoms with Crippen molar-refractivity contribution in [2.24, 2.45) is 33.5 Å². The van der Waals surface area contributed by atoms with Crippen LogP contribution in [0, 0.1) is 33.5 Å². The van der Waals surface area contributed by atoms with Crippen molar-refractivity contribution in [1.82, 2.24) is 0 Å². The van der Waals surface area contributed by atoms with Crippen molar-refractivity contribution in [3.63, 3.8) is 0 Å². The van der Waals surface area contributed by atoms with Gasteiger partial charge in [-0.05, 0) is 48.3 Å². The summed E-state index contributed by atoms with van der Waals surface area (Å²) in [4.78, 5) is 38.1. The maximum absolute atomic E-state index is 12.8. The van der Waals surface area contributed by atoms with Crippen LogP contribution in [-0.2, 0) is 19.1 Å². The van der Waals surface area contributed by atoms with Gasteiger partial charge in [-0.3, -0.25) is 9.59 Å². The van der Waals surface area contributed by atoms with Crippen LogP contribution in [0.2, 0.25) is 0 Å². The van der Waals surface area contributed by atoms with E-state index >= 15 is 0 Å². The van der Waals surface area contributed by atoms with Crippen LogP contribution < -0.4 is 0 Å². The molecule has 4 aliphatic carbocycles. The number of carbonyl (C=O) groups excluding carboxylic acids is 3. The molecule has 4 atom stereocenters. The summed E-state index contributed by atoms with van der Waals surface area (Å²) in [6.45, 7) is 12.5. The summed E-state index contributed by atoms with van der Waals surface area (Å²) in [7, 11) is 0. The van der Waals surface area contributed by atoms with E-state index in [1.54, 1.807) is 0 Å². The smallest absolute Gasteiger partial charge is 0.335 e. The Labute approximate surface area is 161 Å². The van der Waals surface area contributed by atoms with Gasteiger partial charge in [0.05, 0.1) is 0 Å². The second-order valence-corrected chi connectivity index (χ2v) is 10.6. The van der Waals surface area contributed by atoms with Crippen molar-refractivity contribution in [3.8, 4) is 0 Å². The number of carbonyl (C=O) groups is 3. The maximum Gasteiger partial charge on any atom is 0.335 e. The molecule has 4 nitrogen and oxygen atoms in total. The van der Waals surface area contributed by atoms with E-state index in [9.17, 15) is 14.4 Å². The molecule has 0 aliphatic heterocycles. The number of allylic oxidation sites excluding steroid dienone is 2. The summed E-state index contributed by atoms with van der Waals surface area (Å²) in [5, 5.41) is 0. The third kappa shape index (κ3) is 2.02. The Hall–Kier alpha value is -1.71. The number of hydrogen-bond donors (Lipinski definition) is 0. The molecular formula is C23H30O4. The van der Waals surface area contributed by atoms with Gasteiger partial charge in [0.15, 0.2) is 11.6 Å². The van der Waals surface area contributed by atoms with Crippen LogP contribution in [0.1, 0.15) is 67.2 Å². The predicted octanol–water partition coefficient (Wildman–Crippen LogP) is 4.39. The van der Waals surface area contributed by atoms with Gasteiger partial charge in [0.25, 0.3) is 0 Å². The van der Waals surface area contributed by atoms with Crippen LogP contribution in [0.4, 0.5) is 0 Å². The van der Waals surface area contributed by atoms with Crippen LogP contribution in [0.3, 0.4) is 0 Å². The Balaban J connectivity index is 1.55. The van der Waals surface area contributed by atoms with E-state index in [1.165, 1.54) is 12.3 Å². The first-order chi connectivity index (χ1) is 12.4. The van der Waals surface area contributed by atoms with Crippen LogP contribution in [0.25, 0.3) is 0 Å². The molecule has 0 aromatic rings. The van der Waals surface area contributed by atoms with E-state index < -0.39 is 5.97 Å². The van der Waals surface area contributed by atoms with E-state index in [0.717, 1.165) is 25.7 Å². The molecule has 4 aliphatic rings. The Kier molecular flexibility index (Phi) is 3.60. The number of ether oxygens (including phenoxy) is 1. The van der Waals surface area contributed by atoms with Crippen LogP contribution >= 0.6 is 0 Å². The molecule has 4 fully saturated rings. The van der Waals surface area contributed by atoms with Gasteiger partial charge in [-0.25, -0.2) is 4.79 Å². The van der Waals surface area contributed by atoms with Crippen LogP contribution in [0.5, 0.6) is 0 Å². The first-order valence-electron chi connectivity index (χ1n) is 10.1. The Bertz CT molecular complexity index is 827. The first-order valence-corrected chi connectivity index (χ1v) is 10.1. The molecular weight excluding hydrogens is 340 g/mol. The minimum absolute atomic E-state index is 0.0815. The molecule has 4 saturated carbocycles. The highest BCUT2D eigenvalue weighted by Crippen LogP contribution is 2.66. The van der Waals surface area contributed by atoms with Gasteiger partial charge in [0.1, 0.15) is 6.26 Å². The van der Waals surface area contributed by atoms with Crippen LogP contribution in [-0.4, -0.2) is 17.5 Å². The third-order valence-electron chi connectivity index (χ3n) is 9.31. The van der Waals surface area contributed by atoms with Gasteiger partial charge in [-0.2, -0.15) is 0 Å². The van der Waals surface area contributed by atoms with E-state index in [4.69, 9.17) is 4.74 Å². The molecule has 4 heteroatoms. The van der Waals surface area contributed by atoms with Gasteiger partial charge >= 0.3 is 5.97 Å². The largest absolute Gasteiger partial charge is 0.431 e. The summed E-state index contributed by atoms with van der Waals surface area (Å²) >= 11 is 0. The fourth-order valence-corrected chi connectivity index (χ4v) is 6.44. The molecule has 0 N–H and O–H groups in total. The van der Waals surface area contributed by atoms with Crippen LogP contribution in [0.15, 0.2) is 23.5 Å². The minimum atomic E-state index is -0.545. The van der Waals surface area contributed by atoms with Crippen molar-refractivity contribution in [3.05, 3.63) is 23.5 Å². The number of fused-ring (bicyclic) bond motifs is 4. The fourth-order valence-electron chi connectivity index (χ4n) is 6.44. The SMILES string of the molecule is CC1(C)[C@@H]2CC[C@@]1(C)C(=O)/C2=C\C(=O)O/C=C1\C(=O)[C@]2(C)CC[C@@H]1C2(C)C. The van der Waals surface area contributed by atoms with Gasteiger partial charge in [-0.1, -0.05) is 41.5 Å². The maximum atomic E-state index is 12.8.